The Morgan fingerprint density at radius 3 is 2.69 bits per heavy atom. The number of aromatic nitrogens is 5. The summed E-state index contributed by atoms with van der Waals surface area (Å²) in [5, 5.41) is 12.5. The van der Waals surface area contributed by atoms with Gasteiger partial charge in [-0.1, -0.05) is 52.3 Å². The molecule has 1 unspecified atom stereocenters. The van der Waals surface area contributed by atoms with Gasteiger partial charge in [0.25, 0.3) is 0 Å². The van der Waals surface area contributed by atoms with Crippen LogP contribution in [0.15, 0.2) is 53.1 Å². The molecule has 29 heavy (non-hydrogen) atoms. The summed E-state index contributed by atoms with van der Waals surface area (Å²) in [5.41, 5.74) is 4.58. The van der Waals surface area contributed by atoms with Gasteiger partial charge in [-0.2, -0.15) is 4.98 Å². The first-order valence-electron chi connectivity index (χ1n) is 9.33. The number of hydrogen-bond donors (Lipinski definition) is 0. The van der Waals surface area contributed by atoms with E-state index in [0.29, 0.717) is 37.0 Å². The number of benzene rings is 2. The van der Waals surface area contributed by atoms with Crippen molar-refractivity contribution in [2.75, 3.05) is 0 Å². The lowest BCUT2D eigenvalue weighted by Gasteiger charge is -2.24. The number of rotatable bonds is 4. The molecule has 0 saturated heterocycles. The van der Waals surface area contributed by atoms with Gasteiger partial charge in [0.2, 0.25) is 11.7 Å². The molecule has 0 saturated carbocycles. The van der Waals surface area contributed by atoms with Gasteiger partial charge < -0.3 is 9.26 Å². The lowest BCUT2D eigenvalue weighted by atomic mass is 10.1. The molecule has 146 valence electrons. The lowest BCUT2D eigenvalue weighted by molar-refractivity contribution is -0.00112. The predicted octanol–water partition coefficient (Wildman–Crippen LogP) is 3.64. The van der Waals surface area contributed by atoms with Gasteiger partial charge in [-0.3, -0.25) is 0 Å². The predicted molar refractivity (Wildman–Crippen MR) is 101 cm³/mol. The first-order chi connectivity index (χ1) is 14.2. The molecule has 1 atom stereocenters. The molecule has 0 N–H and O–H groups in total. The minimum atomic E-state index is -0.278. The van der Waals surface area contributed by atoms with Gasteiger partial charge in [-0.15, -0.1) is 5.10 Å². The highest BCUT2D eigenvalue weighted by Crippen LogP contribution is 2.30. The van der Waals surface area contributed by atoms with Crippen molar-refractivity contribution in [1.82, 2.24) is 25.1 Å². The van der Waals surface area contributed by atoms with Crippen LogP contribution in [0.2, 0.25) is 0 Å². The first-order valence-corrected chi connectivity index (χ1v) is 9.33. The van der Waals surface area contributed by atoms with Crippen molar-refractivity contribution in [3.63, 3.8) is 0 Å². The third kappa shape index (κ3) is 3.54. The van der Waals surface area contributed by atoms with Crippen molar-refractivity contribution in [3.05, 3.63) is 82.6 Å². The van der Waals surface area contributed by atoms with Gasteiger partial charge in [0, 0.05) is 0 Å². The minimum Gasteiger partial charge on any atom is -0.365 e. The summed E-state index contributed by atoms with van der Waals surface area (Å²) < 4.78 is 26.3. The molecule has 0 radical (unpaired) electrons. The number of fused-ring (bicyclic) bond motifs is 1. The summed E-state index contributed by atoms with van der Waals surface area (Å²) in [6.07, 6.45) is 0.347. The molecule has 5 rings (SSSR count). The quantitative estimate of drug-likeness (QED) is 0.529. The topological polar surface area (TPSA) is 78.9 Å². The zero-order valence-electron chi connectivity index (χ0n) is 15.7. The molecule has 1 aliphatic heterocycles. The van der Waals surface area contributed by atoms with E-state index < -0.39 is 0 Å². The van der Waals surface area contributed by atoms with Crippen LogP contribution in [0, 0.1) is 12.7 Å². The molecule has 2 aromatic carbocycles. The van der Waals surface area contributed by atoms with E-state index in [2.05, 4.69) is 51.6 Å². The molecule has 2 aromatic heterocycles. The molecular formula is C21H18FN5O2. The highest BCUT2D eigenvalue weighted by Gasteiger charge is 2.27. The van der Waals surface area contributed by atoms with Crippen LogP contribution in [0.1, 0.15) is 34.4 Å². The van der Waals surface area contributed by atoms with E-state index in [1.54, 1.807) is 12.1 Å². The first kappa shape index (κ1) is 17.7. The van der Waals surface area contributed by atoms with E-state index in [1.807, 2.05) is 4.68 Å². The van der Waals surface area contributed by atoms with E-state index in [9.17, 15) is 4.39 Å². The maximum absolute atomic E-state index is 13.0. The van der Waals surface area contributed by atoms with Crippen molar-refractivity contribution in [2.24, 2.45) is 0 Å². The Hall–Kier alpha value is -3.39. The highest BCUT2D eigenvalue weighted by molar-refractivity contribution is 5.51. The van der Waals surface area contributed by atoms with Gasteiger partial charge in [0.1, 0.15) is 11.9 Å². The second kappa shape index (κ2) is 7.21. The standard InChI is InChI=1S/C21H18FN5O2/c1-13-2-6-15(7-3-13)18-11-27-17(12-28-18)20(24-26-27)21-23-19(29-25-21)10-14-4-8-16(22)9-5-14/h2-9,18H,10-12H2,1H3. The minimum absolute atomic E-state index is 0.0723. The number of halogens is 1. The Bertz CT molecular complexity index is 1130. The fourth-order valence-electron chi connectivity index (χ4n) is 3.37. The van der Waals surface area contributed by atoms with Crippen molar-refractivity contribution in [1.29, 1.82) is 0 Å². The van der Waals surface area contributed by atoms with E-state index in [0.717, 1.165) is 16.8 Å². The van der Waals surface area contributed by atoms with Crippen LogP contribution >= 0.6 is 0 Å². The molecule has 0 amide bonds. The van der Waals surface area contributed by atoms with E-state index >= 15 is 0 Å². The second-order valence-corrected chi connectivity index (χ2v) is 7.09. The maximum atomic E-state index is 13.0. The Morgan fingerprint density at radius 2 is 1.90 bits per heavy atom. The summed E-state index contributed by atoms with van der Waals surface area (Å²) >= 11 is 0. The average Bonchev–Trinajstić information content (AvgIpc) is 3.36. The van der Waals surface area contributed by atoms with Crippen LogP contribution in [0.5, 0.6) is 0 Å². The van der Waals surface area contributed by atoms with Crippen LogP contribution in [0.4, 0.5) is 4.39 Å². The van der Waals surface area contributed by atoms with Crippen molar-refractivity contribution in [2.45, 2.75) is 32.6 Å². The van der Waals surface area contributed by atoms with Crippen LogP contribution in [0.25, 0.3) is 11.5 Å². The average molecular weight is 391 g/mol. The Balaban J connectivity index is 1.34. The normalized spacial score (nSPS) is 16.0. The zero-order valence-corrected chi connectivity index (χ0v) is 15.7. The number of aryl methyl sites for hydroxylation is 1. The van der Waals surface area contributed by atoms with E-state index in [4.69, 9.17) is 9.26 Å². The van der Waals surface area contributed by atoms with Crippen LogP contribution in [-0.4, -0.2) is 25.1 Å². The molecule has 0 spiro atoms. The van der Waals surface area contributed by atoms with Gasteiger partial charge in [-0.05, 0) is 30.2 Å². The molecule has 0 aliphatic carbocycles. The van der Waals surface area contributed by atoms with Crippen LogP contribution in [-0.2, 0) is 24.3 Å². The molecule has 0 bridgehead atoms. The van der Waals surface area contributed by atoms with Crippen molar-refractivity contribution >= 4 is 0 Å². The zero-order chi connectivity index (χ0) is 19.8. The van der Waals surface area contributed by atoms with Gasteiger partial charge in [-0.25, -0.2) is 9.07 Å². The number of hydrogen-bond acceptors (Lipinski definition) is 6. The molecule has 4 aromatic rings. The number of nitrogens with zero attached hydrogens (tertiary/aromatic N) is 5. The summed E-state index contributed by atoms with van der Waals surface area (Å²) in [4.78, 5) is 4.42. The Morgan fingerprint density at radius 1 is 1.10 bits per heavy atom. The highest BCUT2D eigenvalue weighted by atomic mass is 19.1. The van der Waals surface area contributed by atoms with Gasteiger partial charge in [0.05, 0.1) is 25.3 Å². The van der Waals surface area contributed by atoms with Gasteiger partial charge in [0.15, 0.2) is 5.69 Å². The maximum Gasteiger partial charge on any atom is 0.231 e. The summed E-state index contributed by atoms with van der Waals surface area (Å²) in [7, 11) is 0. The fourth-order valence-corrected chi connectivity index (χ4v) is 3.37. The summed E-state index contributed by atoms with van der Waals surface area (Å²) in [5.74, 6) is 0.531. The second-order valence-electron chi connectivity index (χ2n) is 7.09. The SMILES string of the molecule is Cc1ccc(C2Cn3nnc(-c4noc(Cc5ccc(F)cc5)n4)c3CO2)cc1. The Kier molecular flexibility index (Phi) is 4.40. The van der Waals surface area contributed by atoms with Crippen LogP contribution in [0.3, 0.4) is 0 Å². The third-order valence-corrected chi connectivity index (χ3v) is 5.00. The van der Waals surface area contributed by atoms with Crippen molar-refractivity contribution in [3.8, 4) is 11.5 Å². The Labute approximate surface area is 166 Å². The summed E-state index contributed by atoms with van der Waals surface area (Å²) in [6.45, 7) is 3.00. The van der Waals surface area contributed by atoms with E-state index in [1.165, 1.54) is 17.7 Å². The van der Waals surface area contributed by atoms with E-state index in [-0.39, 0.29) is 11.9 Å². The molecule has 3 heterocycles. The molecule has 7 nitrogen and oxygen atoms in total. The monoisotopic (exact) mass is 391 g/mol. The molecule has 8 heteroatoms. The van der Waals surface area contributed by atoms with Gasteiger partial charge >= 0.3 is 0 Å². The molecule has 0 fully saturated rings. The summed E-state index contributed by atoms with van der Waals surface area (Å²) in [6, 6.07) is 14.5. The fraction of sp³-hybridized carbons (Fsp3) is 0.238. The lowest BCUT2D eigenvalue weighted by Crippen LogP contribution is -2.22. The van der Waals surface area contributed by atoms with Crippen LogP contribution < -0.4 is 0 Å². The smallest absolute Gasteiger partial charge is 0.231 e. The number of ether oxygens (including phenoxy) is 1. The molecule has 1 aliphatic rings. The third-order valence-electron chi connectivity index (χ3n) is 5.00. The largest absolute Gasteiger partial charge is 0.365 e. The van der Waals surface area contributed by atoms with Crippen molar-refractivity contribution < 1.29 is 13.7 Å². The molecular weight excluding hydrogens is 373 g/mol.